The maximum Gasteiger partial charge on any atom is 0.156 e. The van der Waals surface area contributed by atoms with E-state index in [4.69, 9.17) is 11.1 Å². The summed E-state index contributed by atoms with van der Waals surface area (Å²) in [4.78, 5) is 0. The first-order chi connectivity index (χ1) is 9.27. The highest BCUT2D eigenvalue weighted by atomic mass is 15.3. The van der Waals surface area contributed by atoms with Crippen LogP contribution in [-0.4, -0.2) is 9.78 Å². The summed E-state index contributed by atoms with van der Waals surface area (Å²) in [5.41, 5.74) is 8.93. The SMILES string of the molecule is N=c1c(-c2ccccc2)c(N)[nH]n1-c1ccccc1. The molecule has 0 saturated heterocycles. The highest BCUT2D eigenvalue weighted by Gasteiger charge is 2.11. The number of aromatic nitrogens is 2. The zero-order valence-corrected chi connectivity index (χ0v) is 10.3. The highest BCUT2D eigenvalue weighted by Crippen LogP contribution is 2.21. The van der Waals surface area contributed by atoms with E-state index < -0.39 is 0 Å². The zero-order chi connectivity index (χ0) is 13.2. The molecule has 0 unspecified atom stereocenters. The molecule has 2 aromatic carbocycles. The molecule has 94 valence electrons. The molecule has 3 rings (SSSR count). The normalized spacial score (nSPS) is 10.5. The van der Waals surface area contributed by atoms with Gasteiger partial charge < -0.3 is 5.73 Å². The van der Waals surface area contributed by atoms with E-state index in [1.807, 2.05) is 60.7 Å². The molecule has 0 atom stereocenters. The number of nitrogens with zero attached hydrogens (tertiary/aromatic N) is 1. The number of nitrogens with one attached hydrogen (secondary N) is 2. The summed E-state index contributed by atoms with van der Waals surface area (Å²) in [5, 5.41) is 11.3. The number of anilines is 1. The Balaban J connectivity index is 2.20. The van der Waals surface area contributed by atoms with E-state index in [2.05, 4.69) is 5.10 Å². The Bertz CT molecular complexity index is 739. The third-order valence-corrected chi connectivity index (χ3v) is 3.04. The molecule has 4 N–H and O–H groups in total. The van der Waals surface area contributed by atoms with E-state index >= 15 is 0 Å². The van der Waals surface area contributed by atoms with Crippen molar-refractivity contribution in [2.75, 3.05) is 5.73 Å². The first-order valence-corrected chi connectivity index (χ1v) is 6.03. The van der Waals surface area contributed by atoms with Crippen LogP contribution in [0.3, 0.4) is 0 Å². The van der Waals surface area contributed by atoms with Crippen LogP contribution < -0.4 is 11.2 Å². The first kappa shape index (κ1) is 11.3. The van der Waals surface area contributed by atoms with Crippen molar-refractivity contribution >= 4 is 5.82 Å². The molecule has 0 amide bonds. The van der Waals surface area contributed by atoms with Crippen molar-refractivity contribution in [2.24, 2.45) is 0 Å². The Kier molecular flexibility index (Phi) is 2.68. The fourth-order valence-electron chi connectivity index (χ4n) is 2.14. The maximum absolute atomic E-state index is 8.29. The van der Waals surface area contributed by atoms with Crippen LogP contribution in [0, 0.1) is 5.41 Å². The lowest BCUT2D eigenvalue weighted by Gasteiger charge is -2.01. The molecule has 19 heavy (non-hydrogen) atoms. The Hall–Kier alpha value is -2.75. The number of hydrogen-bond acceptors (Lipinski definition) is 2. The van der Waals surface area contributed by atoms with Crippen molar-refractivity contribution in [1.82, 2.24) is 9.78 Å². The Labute approximate surface area is 110 Å². The predicted octanol–water partition coefficient (Wildman–Crippen LogP) is 2.53. The van der Waals surface area contributed by atoms with E-state index in [1.165, 1.54) is 0 Å². The van der Waals surface area contributed by atoms with E-state index in [0.29, 0.717) is 11.3 Å². The van der Waals surface area contributed by atoms with Crippen molar-refractivity contribution in [2.45, 2.75) is 0 Å². The Morgan fingerprint density at radius 1 is 0.895 bits per heavy atom. The van der Waals surface area contributed by atoms with Gasteiger partial charge in [0.15, 0.2) is 5.49 Å². The second kappa shape index (κ2) is 4.49. The molecule has 1 aromatic heterocycles. The smallest absolute Gasteiger partial charge is 0.156 e. The van der Waals surface area contributed by atoms with Gasteiger partial charge in [0.2, 0.25) is 0 Å². The minimum atomic E-state index is 0.356. The highest BCUT2D eigenvalue weighted by molar-refractivity contribution is 5.73. The van der Waals surface area contributed by atoms with Crippen molar-refractivity contribution in [3.8, 4) is 16.8 Å². The molecular weight excluding hydrogens is 236 g/mol. The van der Waals surface area contributed by atoms with Gasteiger partial charge in [-0.3, -0.25) is 10.5 Å². The van der Waals surface area contributed by atoms with Crippen LogP contribution in [0.25, 0.3) is 16.8 Å². The summed E-state index contributed by atoms with van der Waals surface area (Å²) in [7, 11) is 0. The number of benzene rings is 2. The second-order valence-corrected chi connectivity index (χ2v) is 4.29. The average Bonchev–Trinajstić information content (AvgIpc) is 2.76. The topological polar surface area (TPSA) is 70.6 Å². The molecule has 4 heteroatoms. The van der Waals surface area contributed by atoms with Crippen LogP contribution >= 0.6 is 0 Å². The van der Waals surface area contributed by atoms with Gasteiger partial charge in [0.1, 0.15) is 5.82 Å². The largest absolute Gasteiger partial charge is 0.384 e. The van der Waals surface area contributed by atoms with Gasteiger partial charge in [-0.1, -0.05) is 48.5 Å². The van der Waals surface area contributed by atoms with Gasteiger partial charge in [0.25, 0.3) is 0 Å². The summed E-state index contributed by atoms with van der Waals surface area (Å²) in [5.74, 6) is 0.500. The van der Waals surface area contributed by atoms with Gasteiger partial charge in [-0.05, 0) is 17.7 Å². The number of nitrogens with two attached hydrogens (primary N) is 1. The molecule has 0 saturated carbocycles. The Morgan fingerprint density at radius 2 is 1.47 bits per heavy atom. The molecule has 0 fully saturated rings. The second-order valence-electron chi connectivity index (χ2n) is 4.29. The van der Waals surface area contributed by atoms with Crippen LogP contribution in [-0.2, 0) is 0 Å². The fourth-order valence-corrected chi connectivity index (χ4v) is 2.14. The summed E-state index contributed by atoms with van der Waals surface area (Å²) >= 11 is 0. The molecule has 3 aromatic rings. The number of nitrogen functional groups attached to an aromatic ring is 1. The van der Waals surface area contributed by atoms with Gasteiger partial charge in [0, 0.05) is 0 Å². The monoisotopic (exact) mass is 250 g/mol. The number of para-hydroxylation sites is 1. The molecular formula is C15H14N4. The third kappa shape index (κ3) is 1.93. The number of H-pyrrole nitrogens is 1. The number of hydrogen-bond donors (Lipinski definition) is 3. The summed E-state index contributed by atoms with van der Waals surface area (Å²) in [6.07, 6.45) is 0. The van der Waals surface area contributed by atoms with Crippen LogP contribution in [0.4, 0.5) is 5.82 Å². The minimum Gasteiger partial charge on any atom is -0.384 e. The lowest BCUT2D eigenvalue weighted by atomic mass is 10.1. The lowest BCUT2D eigenvalue weighted by molar-refractivity contribution is 0.821. The number of aromatic amines is 1. The fraction of sp³-hybridized carbons (Fsp3) is 0. The van der Waals surface area contributed by atoms with Gasteiger partial charge in [0.05, 0.1) is 11.3 Å². The minimum absolute atomic E-state index is 0.356. The summed E-state index contributed by atoms with van der Waals surface area (Å²) < 4.78 is 1.68. The van der Waals surface area contributed by atoms with Crippen LogP contribution in [0.15, 0.2) is 60.7 Å². The summed E-state index contributed by atoms with van der Waals surface area (Å²) in [6.45, 7) is 0. The molecule has 0 aliphatic heterocycles. The predicted molar refractivity (Wildman–Crippen MR) is 75.8 cm³/mol. The van der Waals surface area contributed by atoms with E-state index in [-0.39, 0.29) is 0 Å². The van der Waals surface area contributed by atoms with Gasteiger partial charge in [-0.15, -0.1) is 0 Å². The molecule has 0 radical (unpaired) electrons. The van der Waals surface area contributed by atoms with Crippen molar-refractivity contribution in [3.63, 3.8) is 0 Å². The van der Waals surface area contributed by atoms with E-state index in [1.54, 1.807) is 4.68 Å². The van der Waals surface area contributed by atoms with Crippen molar-refractivity contribution in [3.05, 3.63) is 66.2 Å². The van der Waals surface area contributed by atoms with Gasteiger partial charge in [-0.25, -0.2) is 4.68 Å². The lowest BCUT2D eigenvalue weighted by Crippen LogP contribution is -2.15. The Morgan fingerprint density at radius 3 is 2.11 bits per heavy atom. The maximum atomic E-state index is 8.29. The van der Waals surface area contributed by atoms with Gasteiger partial charge in [-0.2, -0.15) is 0 Å². The molecule has 0 aliphatic rings. The molecule has 1 heterocycles. The van der Waals surface area contributed by atoms with E-state index in [0.717, 1.165) is 16.8 Å². The molecule has 0 spiro atoms. The third-order valence-electron chi connectivity index (χ3n) is 3.04. The summed E-state index contributed by atoms with van der Waals surface area (Å²) in [6, 6.07) is 19.4. The van der Waals surface area contributed by atoms with Crippen molar-refractivity contribution in [1.29, 1.82) is 5.41 Å². The van der Waals surface area contributed by atoms with Crippen LogP contribution in [0.5, 0.6) is 0 Å². The van der Waals surface area contributed by atoms with Gasteiger partial charge >= 0.3 is 0 Å². The van der Waals surface area contributed by atoms with Crippen LogP contribution in [0.1, 0.15) is 0 Å². The number of rotatable bonds is 2. The first-order valence-electron chi connectivity index (χ1n) is 6.03. The van der Waals surface area contributed by atoms with E-state index in [9.17, 15) is 0 Å². The quantitative estimate of drug-likeness (QED) is 0.642. The molecule has 4 nitrogen and oxygen atoms in total. The van der Waals surface area contributed by atoms with Crippen LogP contribution in [0.2, 0.25) is 0 Å². The van der Waals surface area contributed by atoms with Crippen molar-refractivity contribution < 1.29 is 0 Å². The zero-order valence-electron chi connectivity index (χ0n) is 10.3. The molecule has 0 bridgehead atoms. The average molecular weight is 250 g/mol. The standard InChI is InChI=1S/C15H14N4/c16-14-13(11-7-3-1-4-8-11)15(17)19(18-14)12-9-5-2-6-10-12/h1-10,17-18H,16H2. The molecule has 0 aliphatic carbocycles.